The molecule has 0 fully saturated rings. The van der Waals surface area contributed by atoms with Crippen molar-refractivity contribution in [3.8, 4) is 5.75 Å². The molecule has 2 N–H and O–H groups in total. The van der Waals surface area contributed by atoms with Gasteiger partial charge in [0.25, 0.3) is 0 Å². The highest BCUT2D eigenvalue weighted by atomic mass is 16.5. The SMILES string of the molecule is CCOC(=O)CCCOc1ccc(N)cc1C(=O)OC. The predicted octanol–water partition coefficient (Wildman–Crippen LogP) is 1.78. The second kappa shape index (κ2) is 8.04. The third-order valence-electron chi connectivity index (χ3n) is 2.50. The van der Waals surface area contributed by atoms with E-state index in [9.17, 15) is 9.59 Å². The van der Waals surface area contributed by atoms with E-state index >= 15 is 0 Å². The number of methoxy groups -OCH3 is 1. The van der Waals surface area contributed by atoms with Crippen LogP contribution in [0.4, 0.5) is 5.69 Å². The average molecular weight is 281 g/mol. The minimum absolute atomic E-state index is 0.262. The van der Waals surface area contributed by atoms with Crippen LogP contribution in [0.1, 0.15) is 30.1 Å². The van der Waals surface area contributed by atoms with Gasteiger partial charge in [0.2, 0.25) is 0 Å². The molecule has 1 aromatic carbocycles. The molecule has 0 aliphatic carbocycles. The second-order valence-corrected chi connectivity index (χ2v) is 4.00. The molecule has 6 nitrogen and oxygen atoms in total. The lowest BCUT2D eigenvalue weighted by atomic mass is 10.2. The van der Waals surface area contributed by atoms with Crippen molar-refractivity contribution in [2.75, 3.05) is 26.1 Å². The minimum atomic E-state index is -0.516. The summed E-state index contributed by atoms with van der Waals surface area (Å²) in [5.74, 6) is -0.394. The van der Waals surface area contributed by atoms with E-state index in [1.54, 1.807) is 19.1 Å². The first-order valence-corrected chi connectivity index (χ1v) is 6.34. The maximum atomic E-state index is 11.6. The van der Waals surface area contributed by atoms with Gasteiger partial charge in [-0.25, -0.2) is 4.79 Å². The first-order valence-electron chi connectivity index (χ1n) is 6.34. The Labute approximate surface area is 117 Å². The lowest BCUT2D eigenvalue weighted by Crippen LogP contribution is -2.09. The van der Waals surface area contributed by atoms with E-state index in [1.807, 2.05) is 0 Å². The Hall–Kier alpha value is -2.24. The molecule has 0 atom stereocenters. The van der Waals surface area contributed by atoms with E-state index in [0.717, 1.165) is 0 Å². The summed E-state index contributed by atoms with van der Waals surface area (Å²) < 4.78 is 14.9. The molecule has 1 aromatic rings. The van der Waals surface area contributed by atoms with Crippen LogP contribution < -0.4 is 10.5 Å². The summed E-state index contributed by atoms with van der Waals surface area (Å²) in [5.41, 5.74) is 6.34. The van der Waals surface area contributed by atoms with Crippen molar-refractivity contribution in [1.29, 1.82) is 0 Å². The van der Waals surface area contributed by atoms with Gasteiger partial charge in [-0.3, -0.25) is 4.79 Å². The van der Waals surface area contributed by atoms with Gasteiger partial charge in [-0.2, -0.15) is 0 Å². The van der Waals surface area contributed by atoms with Gasteiger partial charge in [0.1, 0.15) is 11.3 Å². The van der Waals surface area contributed by atoms with Crippen LogP contribution in [0.3, 0.4) is 0 Å². The van der Waals surface area contributed by atoms with E-state index < -0.39 is 5.97 Å². The van der Waals surface area contributed by atoms with Crippen molar-refractivity contribution in [3.05, 3.63) is 23.8 Å². The molecule has 0 unspecified atom stereocenters. The summed E-state index contributed by atoms with van der Waals surface area (Å²) in [4.78, 5) is 22.7. The highest BCUT2D eigenvalue weighted by Gasteiger charge is 2.13. The molecular weight excluding hydrogens is 262 g/mol. The molecular formula is C14H19NO5. The van der Waals surface area contributed by atoms with E-state index in [-0.39, 0.29) is 18.0 Å². The number of esters is 2. The summed E-state index contributed by atoms with van der Waals surface area (Å²) in [6.07, 6.45) is 0.778. The van der Waals surface area contributed by atoms with Gasteiger partial charge in [0.15, 0.2) is 0 Å². The largest absolute Gasteiger partial charge is 0.493 e. The lowest BCUT2D eigenvalue weighted by molar-refractivity contribution is -0.143. The number of anilines is 1. The quantitative estimate of drug-likeness (QED) is 0.465. The Bertz CT molecular complexity index is 473. The molecule has 0 saturated carbocycles. The maximum Gasteiger partial charge on any atom is 0.341 e. The number of ether oxygens (including phenoxy) is 3. The zero-order valence-electron chi connectivity index (χ0n) is 11.7. The predicted molar refractivity (Wildman–Crippen MR) is 73.6 cm³/mol. The molecule has 0 spiro atoms. The van der Waals surface area contributed by atoms with Gasteiger partial charge in [-0.15, -0.1) is 0 Å². The first kappa shape index (κ1) is 15.8. The molecule has 0 saturated heterocycles. The number of rotatable bonds is 7. The molecule has 110 valence electrons. The summed E-state index contributed by atoms with van der Waals surface area (Å²) >= 11 is 0. The molecule has 0 aliphatic rings. The Morgan fingerprint density at radius 2 is 2.05 bits per heavy atom. The summed E-state index contributed by atoms with van der Waals surface area (Å²) in [5, 5.41) is 0. The topological polar surface area (TPSA) is 87.9 Å². The van der Waals surface area contributed by atoms with Crippen LogP contribution in [0.15, 0.2) is 18.2 Å². The molecule has 0 aliphatic heterocycles. The van der Waals surface area contributed by atoms with Crippen LogP contribution in [0.5, 0.6) is 5.75 Å². The standard InChI is InChI=1S/C14H19NO5/c1-3-19-13(16)5-4-8-20-12-7-6-10(15)9-11(12)14(17)18-2/h6-7,9H,3-5,8,15H2,1-2H3. The fraction of sp³-hybridized carbons (Fsp3) is 0.429. The molecule has 1 rings (SSSR count). The van der Waals surface area contributed by atoms with E-state index in [1.165, 1.54) is 13.2 Å². The number of benzene rings is 1. The highest BCUT2D eigenvalue weighted by molar-refractivity contribution is 5.93. The Morgan fingerprint density at radius 1 is 1.30 bits per heavy atom. The van der Waals surface area contributed by atoms with Crippen LogP contribution in [0.25, 0.3) is 0 Å². The molecule has 0 heterocycles. The monoisotopic (exact) mass is 281 g/mol. The summed E-state index contributed by atoms with van der Waals surface area (Å²) in [6.45, 7) is 2.42. The zero-order valence-corrected chi connectivity index (χ0v) is 11.7. The zero-order chi connectivity index (χ0) is 15.0. The smallest absolute Gasteiger partial charge is 0.341 e. The van der Waals surface area contributed by atoms with Crippen LogP contribution in [0.2, 0.25) is 0 Å². The molecule has 0 aromatic heterocycles. The number of carbonyl (C=O) groups is 2. The van der Waals surface area contributed by atoms with Gasteiger partial charge >= 0.3 is 11.9 Å². The van der Waals surface area contributed by atoms with Crippen molar-refractivity contribution in [2.45, 2.75) is 19.8 Å². The Morgan fingerprint density at radius 3 is 2.70 bits per heavy atom. The normalized spacial score (nSPS) is 9.90. The van der Waals surface area contributed by atoms with Crippen LogP contribution in [0, 0.1) is 0 Å². The second-order valence-electron chi connectivity index (χ2n) is 4.00. The summed E-state index contributed by atoms with van der Waals surface area (Å²) in [7, 11) is 1.29. The number of nitrogen functional groups attached to an aromatic ring is 1. The van der Waals surface area contributed by atoms with E-state index in [4.69, 9.17) is 15.2 Å². The molecule has 20 heavy (non-hydrogen) atoms. The highest BCUT2D eigenvalue weighted by Crippen LogP contribution is 2.22. The first-order chi connectivity index (χ1) is 9.58. The van der Waals surface area contributed by atoms with Crippen molar-refractivity contribution in [1.82, 2.24) is 0 Å². The Kier molecular flexibility index (Phi) is 6.36. The van der Waals surface area contributed by atoms with Gasteiger partial charge in [-0.1, -0.05) is 0 Å². The number of nitrogens with two attached hydrogens (primary N) is 1. The van der Waals surface area contributed by atoms with E-state index in [2.05, 4.69) is 4.74 Å². The molecule has 6 heteroatoms. The molecule has 0 amide bonds. The van der Waals surface area contributed by atoms with Crippen molar-refractivity contribution < 1.29 is 23.8 Å². The van der Waals surface area contributed by atoms with Crippen molar-refractivity contribution in [2.24, 2.45) is 0 Å². The minimum Gasteiger partial charge on any atom is -0.493 e. The van der Waals surface area contributed by atoms with E-state index in [0.29, 0.717) is 31.1 Å². The molecule has 0 bridgehead atoms. The van der Waals surface area contributed by atoms with Gasteiger partial charge in [0.05, 0.1) is 20.3 Å². The van der Waals surface area contributed by atoms with Gasteiger partial charge in [-0.05, 0) is 31.5 Å². The third-order valence-corrected chi connectivity index (χ3v) is 2.50. The fourth-order valence-corrected chi connectivity index (χ4v) is 1.57. The van der Waals surface area contributed by atoms with Crippen molar-refractivity contribution in [3.63, 3.8) is 0 Å². The summed E-state index contributed by atoms with van der Waals surface area (Å²) in [6, 6.07) is 4.73. The van der Waals surface area contributed by atoms with Crippen LogP contribution in [-0.2, 0) is 14.3 Å². The number of carbonyl (C=O) groups excluding carboxylic acids is 2. The van der Waals surface area contributed by atoms with Gasteiger partial charge < -0.3 is 19.9 Å². The maximum absolute atomic E-state index is 11.6. The Balaban J connectivity index is 2.55. The van der Waals surface area contributed by atoms with Gasteiger partial charge in [0, 0.05) is 12.1 Å². The number of hydrogen-bond donors (Lipinski definition) is 1. The molecule has 0 radical (unpaired) electrons. The van der Waals surface area contributed by atoms with Crippen molar-refractivity contribution >= 4 is 17.6 Å². The fourth-order valence-electron chi connectivity index (χ4n) is 1.57. The van der Waals surface area contributed by atoms with Crippen LogP contribution >= 0.6 is 0 Å². The van der Waals surface area contributed by atoms with Crippen LogP contribution in [-0.4, -0.2) is 32.3 Å². The third kappa shape index (κ3) is 4.79. The number of hydrogen-bond acceptors (Lipinski definition) is 6. The average Bonchev–Trinajstić information content (AvgIpc) is 2.44. The lowest BCUT2D eigenvalue weighted by Gasteiger charge is -2.10.